The Morgan fingerprint density at radius 3 is 2.69 bits per heavy atom. The molecule has 1 N–H and O–H groups in total. The van der Waals surface area contributed by atoms with Crippen molar-refractivity contribution in [2.24, 2.45) is 0 Å². The Balaban J connectivity index is 2.53. The number of hydrogen-bond acceptors (Lipinski definition) is 2. The van der Waals surface area contributed by atoms with Crippen LogP contribution in [0, 0.1) is 0 Å². The van der Waals surface area contributed by atoms with E-state index < -0.39 is 5.24 Å². The molecule has 2 rings (SSSR count). The number of carbonyl (C=O) groups is 1. The van der Waals surface area contributed by atoms with Gasteiger partial charge < -0.3 is 5.11 Å². The van der Waals surface area contributed by atoms with E-state index >= 15 is 0 Å². The SMILES string of the molecule is O=C(Cl)c1c(O)cccc1C1CC1. The van der Waals surface area contributed by atoms with Gasteiger partial charge in [0, 0.05) is 0 Å². The molecule has 1 aliphatic carbocycles. The maximum absolute atomic E-state index is 11.0. The highest BCUT2D eigenvalue weighted by molar-refractivity contribution is 6.68. The topological polar surface area (TPSA) is 37.3 Å². The van der Waals surface area contributed by atoms with Gasteiger partial charge in [-0.25, -0.2) is 0 Å². The van der Waals surface area contributed by atoms with Crippen molar-refractivity contribution in [1.29, 1.82) is 0 Å². The van der Waals surface area contributed by atoms with Crippen LogP contribution in [0.3, 0.4) is 0 Å². The fraction of sp³-hybridized carbons (Fsp3) is 0.300. The first-order valence-electron chi connectivity index (χ1n) is 4.22. The van der Waals surface area contributed by atoms with Crippen molar-refractivity contribution in [2.75, 3.05) is 0 Å². The van der Waals surface area contributed by atoms with Crippen LogP contribution in [0.2, 0.25) is 0 Å². The Morgan fingerprint density at radius 1 is 1.46 bits per heavy atom. The third-order valence-corrected chi connectivity index (χ3v) is 2.48. The van der Waals surface area contributed by atoms with E-state index in [9.17, 15) is 9.90 Å². The molecule has 0 radical (unpaired) electrons. The number of benzene rings is 1. The lowest BCUT2D eigenvalue weighted by Crippen LogP contribution is -1.96. The van der Waals surface area contributed by atoms with E-state index in [-0.39, 0.29) is 11.3 Å². The average molecular weight is 197 g/mol. The van der Waals surface area contributed by atoms with Crippen LogP contribution in [0.5, 0.6) is 5.75 Å². The van der Waals surface area contributed by atoms with E-state index in [1.165, 1.54) is 6.07 Å². The molecule has 0 bridgehead atoms. The Bertz CT molecular complexity index is 356. The summed E-state index contributed by atoms with van der Waals surface area (Å²) in [4.78, 5) is 11.0. The fourth-order valence-electron chi connectivity index (χ4n) is 1.51. The van der Waals surface area contributed by atoms with Gasteiger partial charge in [0.1, 0.15) is 5.75 Å². The van der Waals surface area contributed by atoms with Gasteiger partial charge in [-0.2, -0.15) is 0 Å². The van der Waals surface area contributed by atoms with E-state index in [0.717, 1.165) is 18.4 Å². The second-order valence-electron chi connectivity index (χ2n) is 3.29. The summed E-state index contributed by atoms with van der Waals surface area (Å²) in [5, 5.41) is 8.86. The summed E-state index contributed by atoms with van der Waals surface area (Å²) >= 11 is 5.39. The van der Waals surface area contributed by atoms with Crippen molar-refractivity contribution < 1.29 is 9.90 Å². The molecule has 1 saturated carbocycles. The molecule has 1 aromatic rings. The Hall–Kier alpha value is -1.02. The molecule has 68 valence electrons. The highest BCUT2D eigenvalue weighted by Gasteiger charge is 2.28. The minimum absolute atomic E-state index is 0.00981. The van der Waals surface area contributed by atoms with Crippen LogP contribution in [-0.4, -0.2) is 10.3 Å². The van der Waals surface area contributed by atoms with Gasteiger partial charge in [-0.3, -0.25) is 4.79 Å². The van der Waals surface area contributed by atoms with Crippen LogP contribution in [0.4, 0.5) is 0 Å². The van der Waals surface area contributed by atoms with Crippen molar-refractivity contribution in [3.05, 3.63) is 29.3 Å². The summed E-state index contributed by atoms with van der Waals surface area (Å²) in [6.07, 6.45) is 2.17. The number of rotatable bonds is 2. The zero-order valence-corrected chi connectivity index (χ0v) is 7.71. The summed E-state index contributed by atoms with van der Waals surface area (Å²) < 4.78 is 0. The van der Waals surface area contributed by atoms with Gasteiger partial charge in [0.15, 0.2) is 0 Å². The van der Waals surface area contributed by atoms with Crippen LogP contribution in [-0.2, 0) is 0 Å². The molecular weight excluding hydrogens is 188 g/mol. The number of halogens is 1. The maximum atomic E-state index is 11.0. The van der Waals surface area contributed by atoms with Crippen LogP contribution in [0.15, 0.2) is 18.2 Å². The molecule has 13 heavy (non-hydrogen) atoms. The Labute approximate surface area is 81.1 Å². The molecule has 0 amide bonds. The molecular formula is C10H9ClO2. The van der Waals surface area contributed by atoms with E-state index in [1.807, 2.05) is 6.07 Å². The van der Waals surface area contributed by atoms with Crippen molar-refractivity contribution in [2.45, 2.75) is 18.8 Å². The number of hydrogen-bond donors (Lipinski definition) is 1. The molecule has 0 heterocycles. The normalized spacial score (nSPS) is 15.8. The first-order valence-corrected chi connectivity index (χ1v) is 4.59. The zero-order chi connectivity index (χ0) is 9.42. The van der Waals surface area contributed by atoms with E-state index in [2.05, 4.69) is 0 Å². The fourth-order valence-corrected chi connectivity index (χ4v) is 1.71. The molecule has 1 fully saturated rings. The van der Waals surface area contributed by atoms with E-state index in [4.69, 9.17) is 11.6 Å². The molecule has 1 aromatic carbocycles. The molecule has 0 spiro atoms. The number of phenols is 1. The largest absolute Gasteiger partial charge is 0.507 e. The lowest BCUT2D eigenvalue weighted by Gasteiger charge is -2.05. The van der Waals surface area contributed by atoms with Crippen LogP contribution in [0.1, 0.15) is 34.7 Å². The van der Waals surface area contributed by atoms with Crippen LogP contribution < -0.4 is 0 Å². The second-order valence-corrected chi connectivity index (χ2v) is 3.63. The highest BCUT2D eigenvalue weighted by Crippen LogP contribution is 2.43. The lowest BCUT2D eigenvalue weighted by molar-refractivity contribution is 0.107. The van der Waals surface area contributed by atoms with Crippen molar-refractivity contribution in [1.82, 2.24) is 0 Å². The molecule has 2 nitrogen and oxygen atoms in total. The first-order chi connectivity index (χ1) is 6.20. The van der Waals surface area contributed by atoms with Crippen LogP contribution >= 0.6 is 11.6 Å². The maximum Gasteiger partial charge on any atom is 0.256 e. The summed E-state index contributed by atoms with van der Waals surface area (Å²) in [7, 11) is 0. The summed E-state index contributed by atoms with van der Waals surface area (Å²) in [5.74, 6) is 0.411. The predicted molar refractivity (Wildman–Crippen MR) is 50.3 cm³/mol. The number of carbonyl (C=O) groups excluding carboxylic acids is 1. The van der Waals surface area contributed by atoms with E-state index in [0.29, 0.717) is 5.92 Å². The smallest absolute Gasteiger partial charge is 0.256 e. The Kier molecular flexibility index (Phi) is 2.00. The third-order valence-electron chi connectivity index (χ3n) is 2.29. The standard InChI is InChI=1S/C10H9ClO2/c11-10(13)9-7(6-4-5-6)2-1-3-8(9)12/h1-3,6,12H,4-5H2. The summed E-state index contributed by atoms with van der Waals surface area (Å²) in [5.41, 5.74) is 1.17. The second kappa shape index (κ2) is 3.04. The Morgan fingerprint density at radius 2 is 2.15 bits per heavy atom. The third kappa shape index (κ3) is 1.54. The monoisotopic (exact) mass is 196 g/mol. The van der Waals surface area contributed by atoms with Gasteiger partial charge in [0.2, 0.25) is 0 Å². The molecule has 0 aromatic heterocycles. The van der Waals surface area contributed by atoms with Crippen molar-refractivity contribution in [3.63, 3.8) is 0 Å². The van der Waals surface area contributed by atoms with E-state index in [1.54, 1.807) is 6.07 Å². The number of aromatic hydroxyl groups is 1. The average Bonchev–Trinajstić information content (AvgIpc) is 2.85. The van der Waals surface area contributed by atoms with Gasteiger partial charge >= 0.3 is 0 Å². The molecule has 0 saturated heterocycles. The van der Waals surface area contributed by atoms with Crippen LogP contribution in [0.25, 0.3) is 0 Å². The minimum atomic E-state index is -0.569. The first kappa shape index (κ1) is 8.57. The molecule has 0 aliphatic heterocycles. The van der Waals surface area contributed by atoms with Gasteiger partial charge in [-0.15, -0.1) is 0 Å². The van der Waals surface area contributed by atoms with Gasteiger partial charge in [0.05, 0.1) is 5.56 Å². The molecule has 0 atom stereocenters. The molecule has 3 heteroatoms. The zero-order valence-electron chi connectivity index (χ0n) is 6.96. The van der Waals surface area contributed by atoms with Crippen molar-refractivity contribution in [3.8, 4) is 5.75 Å². The molecule has 0 unspecified atom stereocenters. The van der Waals surface area contributed by atoms with Gasteiger partial charge in [0.25, 0.3) is 5.24 Å². The predicted octanol–water partition coefficient (Wildman–Crippen LogP) is 2.65. The lowest BCUT2D eigenvalue weighted by atomic mass is 10.0. The quantitative estimate of drug-likeness (QED) is 0.739. The summed E-state index contributed by atoms with van der Waals surface area (Å²) in [6, 6.07) is 5.08. The van der Waals surface area contributed by atoms with Gasteiger partial charge in [-0.1, -0.05) is 12.1 Å². The summed E-state index contributed by atoms with van der Waals surface area (Å²) in [6.45, 7) is 0. The van der Waals surface area contributed by atoms with Gasteiger partial charge in [-0.05, 0) is 42.0 Å². The minimum Gasteiger partial charge on any atom is -0.507 e. The highest BCUT2D eigenvalue weighted by atomic mass is 35.5. The van der Waals surface area contributed by atoms with Crippen molar-refractivity contribution >= 4 is 16.8 Å². The number of phenolic OH excluding ortho intramolecular Hbond substituents is 1. The molecule has 1 aliphatic rings.